The highest BCUT2D eigenvalue weighted by molar-refractivity contribution is 5.76. The first kappa shape index (κ1) is 10.9. The molecule has 1 saturated carbocycles. The van der Waals surface area contributed by atoms with Crippen LogP contribution in [0.5, 0.6) is 0 Å². The molecular weight excluding hydrogens is 188 g/mol. The summed E-state index contributed by atoms with van der Waals surface area (Å²) in [6.45, 7) is 3.22. The first-order valence-electron chi connectivity index (χ1n) is 6.27. The van der Waals surface area contributed by atoms with Gasteiger partial charge in [-0.05, 0) is 45.1 Å². The number of hydrogen-bond donors (Lipinski definition) is 2. The molecule has 0 aromatic carbocycles. The predicted octanol–water partition coefficient (Wildman–Crippen LogP) is 1.43. The van der Waals surface area contributed by atoms with Crippen LogP contribution in [0.2, 0.25) is 0 Å². The highest BCUT2D eigenvalue weighted by Gasteiger charge is 2.24. The third-order valence-electron chi connectivity index (χ3n) is 3.69. The predicted molar refractivity (Wildman–Crippen MR) is 60.6 cm³/mol. The lowest BCUT2D eigenvalue weighted by Gasteiger charge is -2.30. The van der Waals surface area contributed by atoms with E-state index in [1.165, 1.54) is 19.3 Å². The van der Waals surface area contributed by atoms with Crippen LogP contribution in [0.3, 0.4) is 0 Å². The summed E-state index contributed by atoms with van der Waals surface area (Å²) in [5.74, 6) is 0.961. The van der Waals surface area contributed by atoms with Gasteiger partial charge in [0.2, 0.25) is 5.91 Å². The minimum Gasteiger partial charge on any atom is -0.353 e. The molecule has 2 rings (SSSR count). The summed E-state index contributed by atoms with van der Waals surface area (Å²) in [6, 6.07) is 0.960. The van der Waals surface area contributed by atoms with Gasteiger partial charge in [-0.15, -0.1) is 0 Å². The molecule has 86 valence electrons. The van der Waals surface area contributed by atoms with E-state index in [-0.39, 0.29) is 5.91 Å². The van der Waals surface area contributed by atoms with Crippen LogP contribution in [0.1, 0.15) is 45.4 Å². The van der Waals surface area contributed by atoms with Crippen LogP contribution in [-0.2, 0) is 4.79 Å². The van der Waals surface area contributed by atoms with Gasteiger partial charge in [-0.3, -0.25) is 4.79 Å². The summed E-state index contributed by atoms with van der Waals surface area (Å²) in [6.07, 6.45) is 6.77. The van der Waals surface area contributed by atoms with Crippen molar-refractivity contribution in [3.05, 3.63) is 0 Å². The molecule has 2 aliphatic rings. The molecule has 1 aliphatic carbocycles. The summed E-state index contributed by atoms with van der Waals surface area (Å²) in [7, 11) is 0. The Kier molecular flexibility index (Phi) is 3.62. The molecule has 3 nitrogen and oxygen atoms in total. The van der Waals surface area contributed by atoms with Gasteiger partial charge in [0.25, 0.3) is 0 Å². The minimum atomic E-state index is 0.277. The summed E-state index contributed by atoms with van der Waals surface area (Å²) in [4.78, 5) is 11.7. The number of carbonyl (C=O) groups is 1. The second kappa shape index (κ2) is 4.97. The zero-order chi connectivity index (χ0) is 10.7. The molecule has 2 unspecified atom stereocenters. The monoisotopic (exact) mass is 210 g/mol. The Hall–Kier alpha value is -0.570. The fourth-order valence-electron chi connectivity index (χ4n) is 2.51. The molecule has 1 heterocycles. The Labute approximate surface area is 92.0 Å². The molecule has 15 heavy (non-hydrogen) atoms. The fourth-order valence-corrected chi connectivity index (χ4v) is 2.51. The minimum absolute atomic E-state index is 0.277. The maximum atomic E-state index is 11.7. The number of hydrogen-bond acceptors (Lipinski definition) is 2. The first-order valence-corrected chi connectivity index (χ1v) is 6.27. The van der Waals surface area contributed by atoms with Crippen molar-refractivity contribution in [3.8, 4) is 0 Å². The molecule has 2 N–H and O–H groups in total. The zero-order valence-electron chi connectivity index (χ0n) is 9.59. The number of carbonyl (C=O) groups excluding carboxylic acids is 1. The van der Waals surface area contributed by atoms with Gasteiger partial charge in [-0.25, -0.2) is 0 Å². The molecule has 0 aromatic heterocycles. The number of rotatable bonds is 3. The lowest BCUT2D eigenvalue weighted by Crippen LogP contribution is -2.47. The molecule has 1 amide bonds. The van der Waals surface area contributed by atoms with Gasteiger partial charge in [0.05, 0.1) is 0 Å². The Morgan fingerprint density at radius 2 is 2.20 bits per heavy atom. The van der Waals surface area contributed by atoms with Crippen LogP contribution < -0.4 is 10.6 Å². The zero-order valence-corrected chi connectivity index (χ0v) is 9.59. The molecule has 3 heteroatoms. The fraction of sp³-hybridized carbons (Fsp3) is 0.917. The van der Waals surface area contributed by atoms with E-state index in [1.807, 2.05) is 0 Å². The first-order chi connectivity index (χ1) is 7.24. The molecule has 1 saturated heterocycles. The van der Waals surface area contributed by atoms with E-state index >= 15 is 0 Å². The molecule has 0 aromatic rings. The van der Waals surface area contributed by atoms with Gasteiger partial charge in [0, 0.05) is 18.5 Å². The summed E-state index contributed by atoms with van der Waals surface area (Å²) >= 11 is 0. The van der Waals surface area contributed by atoms with Crippen molar-refractivity contribution in [2.75, 3.05) is 6.54 Å². The molecule has 1 aliphatic heterocycles. The van der Waals surface area contributed by atoms with Crippen LogP contribution in [0.4, 0.5) is 0 Å². The van der Waals surface area contributed by atoms with Crippen molar-refractivity contribution in [1.29, 1.82) is 0 Å². The summed E-state index contributed by atoms with van der Waals surface area (Å²) < 4.78 is 0. The van der Waals surface area contributed by atoms with Crippen molar-refractivity contribution in [2.45, 2.75) is 57.5 Å². The Bertz CT molecular complexity index is 226. The Balaban J connectivity index is 1.68. The average molecular weight is 210 g/mol. The smallest absolute Gasteiger partial charge is 0.220 e. The van der Waals surface area contributed by atoms with Crippen molar-refractivity contribution in [1.82, 2.24) is 10.6 Å². The maximum absolute atomic E-state index is 11.7. The van der Waals surface area contributed by atoms with Crippen LogP contribution >= 0.6 is 0 Å². The number of nitrogens with one attached hydrogen (secondary N) is 2. The van der Waals surface area contributed by atoms with Crippen molar-refractivity contribution in [3.63, 3.8) is 0 Å². The van der Waals surface area contributed by atoms with Crippen LogP contribution in [0, 0.1) is 5.92 Å². The second-order valence-electron chi connectivity index (χ2n) is 5.15. The summed E-state index contributed by atoms with van der Waals surface area (Å²) in [5, 5.41) is 6.57. The van der Waals surface area contributed by atoms with E-state index in [1.54, 1.807) is 0 Å². The van der Waals surface area contributed by atoms with E-state index in [2.05, 4.69) is 17.6 Å². The second-order valence-corrected chi connectivity index (χ2v) is 5.15. The third-order valence-corrected chi connectivity index (χ3v) is 3.69. The van der Waals surface area contributed by atoms with Gasteiger partial charge in [0.15, 0.2) is 0 Å². The Morgan fingerprint density at radius 3 is 2.80 bits per heavy atom. The Morgan fingerprint density at radius 1 is 1.40 bits per heavy atom. The normalized spacial score (nSPS) is 32.1. The van der Waals surface area contributed by atoms with E-state index in [9.17, 15) is 4.79 Å². The molecule has 2 atom stereocenters. The van der Waals surface area contributed by atoms with Crippen LogP contribution in [-0.4, -0.2) is 24.5 Å². The van der Waals surface area contributed by atoms with Gasteiger partial charge in [0.1, 0.15) is 0 Å². The highest BCUT2D eigenvalue weighted by atomic mass is 16.1. The molecule has 0 radical (unpaired) electrons. The van der Waals surface area contributed by atoms with Crippen LogP contribution in [0.15, 0.2) is 0 Å². The summed E-state index contributed by atoms with van der Waals surface area (Å²) in [5.41, 5.74) is 0. The van der Waals surface area contributed by atoms with Gasteiger partial charge < -0.3 is 10.6 Å². The number of amides is 1. The highest BCUT2D eigenvalue weighted by Crippen LogP contribution is 2.29. The van der Waals surface area contributed by atoms with E-state index in [0.29, 0.717) is 18.0 Å². The van der Waals surface area contributed by atoms with E-state index < -0.39 is 0 Å². The van der Waals surface area contributed by atoms with Crippen molar-refractivity contribution >= 4 is 5.91 Å². The van der Waals surface area contributed by atoms with Gasteiger partial charge in [-0.2, -0.15) is 0 Å². The lowest BCUT2D eigenvalue weighted by atomic mass is 9.82. The standard InChI is InChI=1S/C12H22N2O/c1-9-7-11(5-6-13-9)14-12(15)8-10-3-2-4-10/h9-11,13H,2-8H2,1H3,(H,14,15). The quantitative estimate of drug-likeness (QED) is 0.740. The maximum Gasteiger partial charge on any atom is 0.220 e. The molecule has 0 bridgehead atoms. The molecule has 2 fully saturated rings. The van der Waals surface area contributed by atoms with Gasteiger partial charge in [-0.1, -0.05) is 6.42 Å². The SMILES string of the molecule is CC1CC(NC(=O)CC2CCC2)CCN1. The van der Waals surface area contributed by atoms with Crippen LogP contribution in [0.25, 0.3) is 0 Å². The largest absolute Gasteiger partial charge is 0.353 e. The van der Waals surface area contributed by atoms with Crippen molar-refractivity contribution < 1.29 is 4.79 Å². The molecule has 0 spiro atoms. The van der Waals surface area contributed by atoms with Gasteiger partial charge >= 0.3 is 0 Å². The topological polar surface area (TPSA) is 41.1 Å². The number of piperidine rings is 1. The lowest BCUT2D eigenvalue weighted by molar-refractivity contribution is -0.123. The van der Waals surface area contributed by atoms with E-state index in [4.69, 9.17) is 0 Å². The van der Waals surface area contributed by atoms with E-state index in [0.717, 1.165) is 25.8 Å². The van der Waals surface area contributed by atoms with Crippen molar-refractivity contribution in [2.24, 2.45) is 5.92 Å². The third kappa shape index (κ3) is 3.20. The average Bonchev–Trinajstić information content (AvgIpc) is 2.11. The molecular formula is C12H22N2O.